The highest BCUT2D eigenvalue weighted by Crippen LogP contribution is 2.38. The summed E-state index contributed by atoms with van der Waals surface area (Å²) in [5.74, 6) is 0.0169. The van der Waals surface area contributed by atoms with Gasteiger partial charge in [-0.05, 0) is 48.6 Å². The van der Waals surface area contributed by atoms with Crippen LogP contribution >= 0.6 is 0 Å². The number of benzene rings is 3. The third-order valence-electron chi connectivity index (χ3n) is 6.38. The molecule has 5 nitrogen and oxygen atoms in total. The number of primary amides is 1. The fourth-order valence-corrected chi connectivity index (χ4v) is 4.60. The monoisotopic (exact) mass is 428 g/mol. The summed E-state index contributed by atoms with van der Waals surface area (Å²) >= 11 is 0. The Balaban J connectivity index is 1.63. The standard InChI is InChI=1S/C27H28N2O3/c1-19-8-7-10-20(16-19)22-11-4-3-9-21(22)17-27(26(28)31)14-15-29(18-27)25(30)23-12-5-6-13-24(23)32-2/h3-13,16H,14-15,17-18H2,1-2H3,(H2,28,31). The van der Waals surface area contributed by atoms with Gasteiger partial charge in [0.15, 0.2) is 0 Å². The van der Waals surface area contributed by atoms with Crippen LogP contribution in [0.1, 0.15) is 27.9 Å². The highest BCUT2D eigenvalue weighted by Gasteiger charge is 2.45. The van der Waals surface area contributed by atoms with E-state index in [-0.39, 0.29) is 11.8 Å². The van der Waals surface area contributed by atoms with Crippen LogP contribution in [0.4, 0.5) is 0 Å². The van der Waals surface area contributed by atoms with E-state index in [2.05, 4.69) is 31.2 Å². The van der Waals surface area contributed by atoms with Gasteiger partial charge < -0.3 is 15.4 Å². The lowest BCUT2D eigenvalue weighted by molar-refractivity contribution is -0.126. The Morgan fingerprint density at radius 2 is 1.78 bits per heavy atom. The number of methoxy groups -OCH3 is 1. The van der Waals surface area contributed by atoms with E-state index < -0.39 is 5.41 Å². The zero-order chi connectivity index (χ0) is 22.7. The molecular formula is C27H28N2O3. The molecule has 2 N–H and O–H groups in total. The number of amides is 2. The average molecular weight is 429 g/mol. The molecule has 1 saturated heterocycles. The minimum atomic E-state index is -0.808. The lowest BCUT2D eigenvalue weighted by Crippen LogP contribution is -2.42. The first-order valence-corrected chi connectivity index (χ1v) is 10.8. The van der Waals surface area contributed by atoms with Crippen LogP contribution in [0.25, 0.3) is 11.1 Å². The van der Waals surface area contributed by atoms with Crippen molar-refractivity contribution in [1.82, 2.24) is 4.90 Å². The van der Waals surface area contributed by atoms with E-state index in [0.29, 0.717) is 37.2 Å². The molecule has 164 valence electrons. The number of likely N-dealkylation sites (tertiary alicyclic amines) is 1. The second kappa shape index (κ2) is 8.87. The van der Waals surface area contributed by atoms with E-state index in [0.717, 1.165) is 16.7 Å². The lowest BCUT2D eigenvalue weighted by atomic mass is 9.78. The number of carbonyl (C=O) groups is 2. The molecule has 2 amide bonds. The van der Waals surface area contributed by atoms with Crippen LogP contribution in [0.5, 0.6) is 5.75 Å². The van der Waals surface area contributed by atoms with Crippen molar-refractivity contribution in [3.8, 4) is 16.9 Å². The van der Waals surface area contributed by atoms with Crippen molar-refractivity contribution in [1.29, 1.82) is 0 Å². The highest BCUT2D eigenvalue weighted by molar-refractivity contribution is 5.98. The Morgan fingerprint density at radius 1 is 1.03 bits per heavy atom. The van der Waals surface area contributed by atoms with Crippen LogP contribution in [0.2, 0.25) is 0 Å². The van der Waals surface area contributed by atoms with Gasteiger partial charge in [-0.15, -0.1) is 0 Å². The Hall–Kier alpha value is -3.60. The average Bonchev–Trinajstić information content (AvgIpc) is 3.24. The van der Waals surface area contributed by atoms with Gasteiger partial charge in [-0.3, -0.25) is 9.59 Å². The first-order chi connectivity index (χ1) is 15.4. The van der Waals surface area contributed by atoms with E-state index >= 15 is 0 Å². The number of hydrogen-bond acceptors (Lipinski definition) is 3. The normalized spacial score (nSPS) is 17.9. The van der Waals surface area contributed by atoms with Gasteiger partial charge in [0.05, 0.1) is 18.1 Å². The zero-order valence-electron chi connectivity index (χ0n) is 18.5. The van der Waals surface area contributed by atoms with Crippen molar-refractivity contribution in [2.24, 2.45) is 11.1 Å². The molecule has 0 saturated carbocycles. The van der Waals surface area contributed by atoms with Crippen molar-refractivity contribution in [3.05, 3.63) is 89.5 Å². The molecule has 1 aliphatic rings. The summed E-state index contributed by atoms with van der Waals surface area (Å²) < 4.78 is 5.36. The Bertz CT molecular complexity index is 1160. The van der Waals surface area contributed by atoms with Gasteiger partial charge in [-0.2, -0.15) is 0 Å². The van der Waals surface area contributed by atoms with Gasteiger partial charge in [0.25, 0.3) is 5.91 Å². The Morgan fingerprint density at radius 3 is 2.53 bits per heavy atom. The molecule has 0 aromatic heterocycles. The summed E-state index contributed by atoms with van der Waals surface area (Å²) in [6, 6.07) is 23.6. The predicted octanol–water partition coefficient (Wildman–Crippen LogP) is 4.23. The quantitative estimate of drug-likeness (QED) is 0.639. The third kappa shape index (κ3) is 4.11. The van der Waals surface area contributed by atoms with Crippen LogP contribution in [0, 0.1) is 12.3 Å². The van der Waals surface area contributed by atoms with Gasteiger partial charge in [-0.1, -0.05) is 66.2 Å². The Kier molecular flexibility index (Phi) is 5.99. The van der Waals surface area contributed by atoms with Crippen LogP contribution in [-0.4, -0.2) is 36.9 Å². The smallest absolute Gasteiger partial charge is 0.257 e. The number of nitrogens with zero attached hydrogens (tertiary/aromatic N) is 1. The minimum absolute atomic E-state index is 0.141. The molecule has 1 aliphatic heterocycles. The molecule has 1 heterocycles. The number of hydrogen-bond donors (Lipinski definition) is 1. The van der Waals surface area contributed by atoms with E-state index in [4.69, 9.17) is 10.5 Å². The van der Waals surface area contributed by atoms with Crippen molar-refractivity contribution in [2.45, 2.75) is 19.8 Å². The molecule has 3 aromatic rings. The molecule has 32 heavy (non-hydrogen) atoms. The molecule has 4 rings (SSSR count). The molecule has 0 aliphatic carbocycles. The SMILES string of the molecule is COc1ccccc1C(=O)N1CCC(Cc2ccccc2-c2cccc(C)c2)(C(N)=O)C1. The van der Waals surface area contributed by atoms with Crippen LogP contribution in [0.15, 0.2) is 72.8 Å². The van der Waals surface area contributed by atoms with Crippen LogP contribution in [0.3, 0.4) is 0 Å². The maximum Gasteiger partial charge on any atom is 0.257 e. The number of para-hydroxylation sites is 1. The number of ether oxygens (including phenoxy) is 1. The number of rotatable bonds is 6. The molecule has 1 unspecified atom stereocenters. The van der Waals surface area contributed by atoms with E-state index in [1.807, 2.05) is 36.4 Å². The van der Waals surface area contributed by atoms with E-state index in [1.54, 1.807) is 24.1 Å². The molecule has 0 radical (unpaired) electrons. The largest absolute Gasteiger partial charge is 0.496 e. The zero-order valence-corrected chi connectivity index (χ0v) is 18.5. The van der Waals surface area contributed by atoms with Crippen molar-refractivity contribution in [3.63, 3.8) is 0 Å². The topological polar surface area (TPSA) is 72.6 Å². The van der Waals surface area contributed by atoms with Crippen LogP contribution < -0.4 is 10.5 Å². The summed E-state index contributed by atoms with van der Waals surface area (Å²) in [4.78, 5) is 27.6. The van der Waals surface area contributed by atoms with Crippen LogP contribution in [-0.2, 0) is 11.2 Å². The van der Waals surface area contributed by atoms with Gasteiger partial charge in [0.1, 0.15) is 5.75 Å². The summed E-state index contributed by atoms with van der Waals surface area (Å²) in [5, 5.41) is 0. The number of nitrogens with two attached hydrogens (primary N) is 1. The lowest BCUT2D eigenvalue weighted by Gasteiger charge is -2.27. The fraction of sp³-hybridized carbons (Fsp3) is 0.259. The molecule has 3 aromatic carbocycles. The molecular weight excluding hydrogens is 400 g/mol. The number of aryl methyl sites for hydroxylation is 1. The molecule has 1 fully saturated rings. The highest BCUT2D eigenvalue weighted by atomic mass is 16.5. The second-order valence-corrected chi connectivity index (χ2v) is 8.52. The van der Waals surface area contributed by atoms with Crippen molar-refractivity contribution < 1.29 is 14.3 Å². The summed E-state index contributed by atoms with van der Waals surface area (Å²) in [5.41, 5.74) is 10.1. The first kappa shape index (κ1) is 21.6. The van der Waals surface area contributed by atoms with Crippen molar-refractivity contribution >= 4 is 11.8 Å². The summed E-state index contributed by atoms with van der Waals surface area (Å²) in [6.45, 7) is 2.84. The first-order valence-electron chi connectivity index (χ1n) is 10.8. The van der Waals surface area contributed by atoms with E-state index in [1.165, 1.54) is 5.56 Å². The van der Waals surface area contributed by atoms with Gasteiger partial charge in [0.2, 0.25) is 5.91 Å². The number of carbonyl (C=O) groups excluding carboxylic acids is 2. The summed E-state index contributed by atoms with van der Waals surface area (Å²) in [6.07, 6.45) is 1.02. The predicted molar refractivity (Wildman–Crippen MR) is 125 cm³/mol. The van der Waals surface area contributed by atoms with Gasteiger partial charge in [-0.25, -0.2) is 0 Å². The molecule has 0 spiro atoms. The molecule has 1 atom stereocenters. The minimum Gasteiger partial charge on any atom is -0.496 e. The second-order valence-electron chi connectivity index (χ2n) is 8.52. The van der Waals surface area contributed by atoms with Gasteiger partial charge >= 0.3 is 0 Å². The molecule has 5 heteroatoms. The summed E-state index contributed by atoms with van der Waals surface area (Å²) in [7, 11) is 1.55. The van der Waals surface area contributed by atoms with Crippen molar-refractivity contribution in [2.75, 3.05) is 20.2 Å². The molecule has 0 bridgehead atoms. The maximum atomic E-state index is 13.2. The van der Waals surface area contributed by atoms with E-state index in [9.17, 15) is 9.59 Å². The Labute approximate surface area is 188 Å². The third-order valence-corrected chi connectivity index (χ3v) is 6.38. The maximum absolute atomic E-state index is 13.2. The fourth-order valence-electron chi connectivity index (χ4n) is 4.60. The van der Waals surface area contributed by atoms with Gasteiger partial charge in [0, 0.05) is 13.1 Å².